The Morgan fingerprint density at radius 3 is 2.52 bits per heavy atom. The van der Waals surface area contributed by atoms with Crippen LogP contribution in [0.2, 0.25) is 5.02 Å². The molecular formula is C19H27ClFNO. The molecule has 128 valence electrons. The lowest BCUT2D eigenvalue weighted by Crippen LogP contribution is -2.36. The van der Waals surface area contributed by atoms with Crippen molar-refractivity contribution in [1.82, 2.24) is 5.32 Å². The van der Waals surface area contributed by atoms with Crippen LogP contribution in [-0.4, -0.2) is 25.8 Å². The molecule has 1 aliphatic carbocycles. The van der Waals surface area contributed by atoms with Crippen molar-refractivity contribution in [3.63, 3.8) is 0 Å². The van der Waals surface area contributed by atoms with Gasteiger partial charge in [0.05, 0.1) is 0 Å². The van der Waals surface area contributed by atoms with Gasteiger partial charge >= 0.3 is 0 Å². The molecule has 1 N–H and O–H groups in total. The van der Waals surface area contributed by atoms with Crippen LogP contribution < -0.4 is 5.32 Å². The van der Waals surface area contributed by atoms with Gasteiger partial charge in [0.25, 0.3) is 0 Å². The molecule has 1 saturated carbocycles. The quantitative estimate of drug-likeness (QED) is 0.822. The highest BCUT2D eigenvalue weighted by molar-refractivity contribution is 6.30. The number of nitrogens with one attached hydrogen (secondary N) is 1. The highest BCUT2D eigenvalue weighted by atomic mass is 35.5. The molecule has 1 saturated heterocycles. The second kappa shape index (κ2) is 8.46. The molecule has 0 spiro atoms. The molecule has 2 fully saturated rings. The van der Waals surface area contributed by atoms with Crippen molar-refractivity contribution in [2.45, 2.75) is 56.9 Å². The van der Waals surface area contributed by atoms with Crippen LogP contribution in [-0.2, 0) is 4.74 Å². The first-order valence-electron chi connectivity index (χ1n) is 8.98. The maximum atomic E-state index is 14.0. The van der Waals surface area contributed by atoms with E-state index in [1.807, 2.05) is 12.1 Å². The maximum absolute atomic E-state index is 14.0. The topological polar surface area (TPSA) is 21.3 Å². The summed E-state index contributed by atoms with van der Waals surface area (Å²) in [5, 5.41) is 4.16. The van der Waals surface area contributed by atoms with E-state index in [4.69, 9.17) is 16.3 Å². The van der Waals surface area contributed by atoms with E-state index in [0.29, 0.717) is 17.0 Å². The number of halogens is 2. The standard InChI is InChI=1S/C19H27ClFNO/c20-16-5-6-18(19(21)13-16)15-3-1-14(2-4-15)7-10-22-17-8-11-23-12-9-17/h5-6,13-15,17,22H,1-4,7-12H2. The molecule has 1 aliphatic heterocycles. The van der Waals surface area contributed by atoms with E-state index >= 15 is 0 Å². The van der Waals surface area contributed by atoms with Crippen molar-refractivity contribution in [3.05, 3.63) is 34.6 Å². The molecule has 0 bridgehead atoms. The molecule has 0 radical (unpaired) electrons. The number of hydrogen-bond donors (Lipinski definition) is 1. The zero-order valence-corrected chi connectivity index (χ0v) is 14.5. The third-order valence-electron chi connectivity index (χ3n) is 5.46. The zero-order chi connectivity index (χ0) is 16.1. The van der Waals surface area contributed by atoms with E-state index < -0.39 is 0 Å². The summed E-state index contributed by atoms with van der Waals surface area (Å²) in [5.74, 6) is 1.02. The molecule has 1 aromatic rings. The van der Waals surface area contributed by atoms with Crippen LogP contribution in [0, 0.1) is 11.7 Å². The molecule has 3 rings (SSSR count). The summed E-state index contributed by atoms with van der Waals surface area (Å²) in [6.07, 6.45) is 8.14. The predicted molar refractivity (Wildman–Crippen MR) is 92.6 cm³/mol. The maximum Gasteiger partial charge on any atom is 0.128 e. The minimum Gasteiger partial charge on any atom is -0.381 e. The number of benzene rings is 1. The molecular weight excluding hydrogens is 313 g/mol. The molecule has 4 heteroatoms. The van der Waals surface area contributed by atoms with Gasteiger partial charge in [0.1, 0.15) is 5.82 Å². The molecule has 2 nitrogen and oxygen atoms in total. The van der Waals surface area contributed by atoms with Gasteiger partial charge in [0, 0.05) is 24.3 Å². The second-order valence-corrected chi connectivity index (χ2v) is 7.45. The van der Waals surface area contributed by atoms with Crippen LogP contribution in [0.25, 0.3) is 0 Å². The summed E-state index contributed by atoms with van der Waals surface area (Å²) in [5.41, 5.74) is 0.855. The highest BCUT2D eigenvalue weighted by Crippen LogP contribution is 2.38. The van der Waals surface area contributed by atoms with E-state index in [-0.39, 0.29) is 5.82 Å². The third kappa shape index (κ3) is 4.91. The van der Waals surface area contributed by atoms with Crippen molar-refractivity contribution >= 4 is 11.6 Å². The normalized spacial score (nSPS) is 26.3. The monoisotopic (exact) mass is 339 g/mol. The lowest BCUT2D eigenvalue weighted by Gasteiger charge is -2.30. The fraction of sp³-hybridized carbons (Fsp3) is 0.684. The van der Waals surface area contributed by atoms with E-state index in [2.05, 4.69) is 5.32 Å². The van der Waals surface area contributed by atoms with Gasteiger partial charge in [-0.1, -0.05) is 17.7 Å². The van der Waals surface area contributed by atoms with Crippen molar-refractivity contribution in [2.24, 2.45) is 5.92 Å². The number of rotatable bonds is 5. The Morgan fingerprint density at radius 1 is 1.09 bits per heavy atom. The number of ether oxygens (including phenoxy) is 1. The Kier molecular flexibility index (Phi) is 6.32. The van der Waals surface area contributed by atoms with Gasteiger partial charge in [-0.05, 0) is 81.0 Å². The van der Waals surface area contributed by atoms with Gasteiger partial charge in [0.2, 0.25) is 0 Å². The fourth-order valence-corrected chi connectivity index (χ4v) is 4.15. The lowest BCUT2D eigenvalue weighted by molar-refractivity contribution is 0.0775. The van der Waals surface area contributed by atoms with E-state index in [1.165, 1.54) is 25.3 Å². The summed E-state index contributed by atoms with van der Waals surface area (Å²) in [7, 11) is 0. The largest absolute Gasteiger partial charge is 0.381 e. The Labute approximate surface area is 143 Å². The Hall–Kier alpha value is -0.640. The van der Waals surface area contributed by atoms with Crippen LogP contribution in [0.3, 0.4) is 0 Å². The first-order valence-corrected chi connectivity index (χ1v) is 9.36. The Balaban J connectivity index is 1.39. The summed E-state index contributed by atoms with van der Waals surface area (Å²) >= 11 is 5.85. The molecule has 0 atom stereocenters. The summed E-state index contributed by atoms with van der Waals surface area (Å²) in [4.78, 5) is 0. The minimum atomic E-state index is -0.137. The molecule has 0 aromatic heterocycles. The van der Waals surface area contributed by atoms with Crippen molar-refractivity contribution < 1.29 is 9.13 Å². The van der Waals surface area contributed by atoms with E-state index in [0.717, 1.165) is 56.9 Å². The SMILES string of the molecule is Fc1cc(Cl)ccc1C1CCC(CCNC2CCOCC2)CC1. The summed E-state index contributed by atoms with van der Waals surface area (Å²) < 4.78 is 19.4. The van der Waals surface area contributed by atoms with Crippen molar-refractivity contribution in [3.8, 4) is 0 Å². The van der Waals surface area contributed by atoms with Crippen molar-refractivity contribution in [2.75, 3.05) is 19.8 Å². The van der Waals surface area contributed by atoms with Crippen LogP contribution in [0.5, 0.6) is 0 Å². The molecule has 0 unspecified atom stereocenters. The van der Waals surface area contributed by atoms with E-state index in [9.17, 15) is 4.39 Å². The van der Waals surface area contributed by atoms with Crippen molar-refractivity contribution in [1.29, 1.82) is 0 Å². The Bertz CT molecular complexity index is 496. The van der Waals surface area contributed by atoms with Crippen LogP contribution >= 0.6 is 11.6 Å². The number of hydrogen-bond acceptors (Lipinski definition) is 2. The summed E-state index contributed by atoms with van der Waals surface area (Å²) in [6.45, 7) is 2.90. The molecule has 1 heterocycles. The van der Waals surface area contributed by atoms with Gasteiger partial charge in [-0.3, -0.25) is 0 Å². The lowest BCUT2D eigenvalue weighted by atomic mass is 9.77. The average Bonchev–Trinajstić information content (AvgIpc) is 2.57. The van der Waals surface area contributed by atoms with Gasteiger partial charge in [-0.15, -0.1) is 0 Å². The van der Waals surface area contributed by atoms with Crippen LogP contribution in [0.15, 0.2) is 18.2 Å². The average molecular weight is 340 g/mol. The van der Waals surface area contributed by atoms with Gasteiger partial charge in [-0.25, -0.2) is 4.39 Å². The third-order valence-corrected chi connectivity index (χ3v) is 5.69. The van der Waals surface area contributed by atoms with Gasteiger partial charge < -0.3 is 10.1 Å². The first kappa shape index (κ1) is 17.2. The van der Waals surface area contributed by atoms with Gasteiger partial charge in [0.15, 0.2) is 0 Å². The fourth-order valence-electron chi connectivity index (χ4n) is 3.99. The Morgan fingerprint density at radius 2 is 1.83 bits per heavy atom. The van der Waals surface area contributed by atoms with Crippen LogP contribution in [0.1, 0.15) is 56.4 Å². The zero-order valence-electron chi connectivity index (χ0n) is 13.7. The molecule has 2 aliphatic rings. The summed E-state index contributed by atoms with van der Waals surface area (Å²) in [6, 6.07) is 5.77. The molecule has 0 amide bonds. The van der Waals surface area contributed by atoms with Crippen LogP contribution in [0.4, 0.5) is 4.39 Å². The van der Waals surface area contributed by atoms with E-state index in [1.54, 1.807) is 0 Å². The van der Waals surface area contributed by atoms with Gasteiger partial charge in [-0.2, -0.15) is 0 Å². The minimum absolute atomic E-state index is 0.137. The second-order valence-electron chi connectivity index (χ2n) is 7.01. The smallest absolute Gasteiger partial charge is 0.128 e. The first-order chi connectivity index (χ1) is 11.2. The molecule has 1 aromatic carbocycles. The predicted octanol–water partition coefficient (Wildman–Crippen LogP) is 4.91. The molecule has 23 heavy (non-hydrogen) atoms. The highest BCUT2D eigenvalue weighted by Gasteiger charge is 2.24.